The molecule has 0 saturated carbocycles. The molecule has 0 N–H and O–H groups in total. The maximum atomic E-state index is 12.5. The highest BCUT2D eigenvalue weighted by Gasteiger charge is 2.27. The molecule has 1 aliphatic rings. The van der Waals surface area contributed by atoms with E-state index in [2.05, 4.69) is 0 Å². The Morgan fingerprint density at radius 3 is 2.27 bits per heavy atom. The number of ether oxygens (including phenoxy) is 2. The van der Waals surface area contributed by atoms with Crippen LogP contribution < -0.4 is 9.47 Å². The third-order valence-electron chi connectivity index (χ3n) is 3.76. The van der Waals surface area contributed by atoms with Gasteiger partial charge in [0.15, 0.2) is 6.10 Å². The third-order valence-corrected chi connectivity index (χ3v) is 3.76. The average Bonchev–Trinajstić information content (AvgIpc) is 2.59. The van der Waals surface area contributed by atoms with E-state index in [-0.39, 0.29) is 5.91 Å². The first-order chi connectivity index (χ1) is 10.7. The smallest absolute Gasteiger partial charge is 0.263 e. The molecular weight excluding hydrogens is 284 g/mol. The van der Waals surface area contributed by atoms with Crippen LogP contribution in [0.1, 0.15) is 13.3 Å². The molecule has 1 atom stereocenters. The van der Waals surface area contributed by atoms with Gasteiger partial charge in [0.25, 0.3) is 5.91 Å². The summed E-state index contributed by atoms with van der Waals surface area (Å²) in [5, 5.41) is 0. The van der Waals surface area contributed by atoms with Crippen molar-refractivity contribution in [1.29, 1.82) is 0 Å². The number of rotatable bonds is 6. The lowest BCUT2D eigenvalue weighted by Gasteiger charge is -2.34. The van der Waals surface area contributed by atoms with Gasteiger partial charge in [0.05, 0.1) is 7.11 Å². The number of piperazine rings is 1. The zero-order valence-corrected chi connectivity index (χ0v) is 13.0. The molecule has 0 aliphatic carbocycles. The number of nitrogens with zero attached hydrogens (tertiary/aromatic N) is 2. The first kappa shape index (κ1) is 16.1. The van der Waals surface area contributed by atoms with Crippen LogP contribution in [0.3, 0.4) is 0 Å². The monoisotopic (exact) mass is 306 g/mol. The van der Waals surface area contributed by atoms with Crippen LogP contribution in [0.4, 0.5) is 0 Å². The molecule has 1 saturated heterocycles. The summed E-state index contributed by atoms with van der Waals surface area (Å²) in [6, 6.07) is 7.18. The molecule has 6 heteroatoms. The molecule has 0 unspecified atom stereocenters. The number of hydrogen-bond acceptors (Lipinski definition) is 4. The van der Waals surface area contributed by atoms with Crippen molar-refractivity contribution in [2.75, 3.05) is 33.3 Å². The van der Waals surface area contributed by atoms with Gasteiger partial charge in [0.2, 0.25) is 6.41 Å². The standard InChI is InChI=1S/C16H22N2O4/c1-3-15(22-14-6-4-13(21-2)5-7-14)16(20)18-10-8-17(12-19)9-11-18/h4-7,12,15H,3,8-11H2,1-2H3/t15-/m1/s1. The Morgan fingerprint density at radius 2 is 1.77 bits per heavy atom. The number of methoxy groups -OCH3 is 1. The molecule has 0 spiro atoms. The highest BCUT2D eigenvalue weighted by molar-refractivity contribution is 5.81. The largest absolute Gasteiger partial charge is 0.497 e. The number of hydrogen-bond donors (Lipinski definition) is 0. The van der Waals surface area contributed by atoms with Crippen molar-refractivity contribution < 1.29 is 19.1 Å². The molecular formula is C16H22N2O4. The van der Waals surface area contributed by atoms with E-state index in [0.717, 1.165) is 12.2 Å². The van der Waals surface area contributed by atoms with E-state index >= 15 is 0 Å². The Hall–Kier alpha value is -2.24. The van der Waals surface area contributed by atoms with E-state index < -0.39 is 6.10 Å². The summed E-state index contributed by atoms with van der Waals surface area (Å²) < 4.78 is 10.9. The maximum Gasteiger partial charge on any atom is 0.263 e. The van der Waals surface area contributed by atoms with Gasteiger partial charge in [-0.2, -0.15) is 0 Å². The predicted octanol–water partition coefficient (Wildman–Crippen LogP) is 1.15. The molecule has 6 nitrogen and oxygen atoms in total. The van der Waals surface area contributed by atoms with Gasteiger partial charge in [-0.3, -0.25) is 9.59 Å². The second-order valence-electron chi connectivity index (χ2n) is 5.16. The van der Waals surface area contributed by atoms with Crippen LogP contribution in [0.25, 0.3) is 0 Å². The van der Waals surface area contributed by atoms with Gasteiger partial charge in [0.1, 0.15) is 11.5 Å². The molecule has 1 aliphatic heterocycles. The van der Waals surface area contributed by atoms with Gasteiger partial charge in [-0.15, -0.1) is 0 Å². The minimum atomic E-state index is -0.504. The number of amides is 2. The van der Waals surface area contributed by atoms with E-state index in [4.69, 9.17) is 9.47 Å². The van der Waals surface area contributed by atoms with E-state index in [0.29, 0.717) is 38.3 Å². The van der Waals surface area contributed by atoms with Crippen molar-refractivity contribution in [3.8, 4) is 11.5 Å². The van der Waals surface area contributed by atoms with Crippen LogP contribution in [-0.4, -0.2) is 61.5 Å². The Bertz CT molecular complexity index is 495. The minimum Gasteiger partial charge on any atom is -0.497 e. The summed E-state index contributed by atoms with van der Waals surface area (Å²) in [5.74, 6) is 1.37. The average molecular weight is 306 g/mol. The summed E-state index contributed by atoms with van der Waals surface area (Å²) >= 11 is 0. The van der Waals surface area contributed by atoms with Crippen LogP contribution >= 0.6 is 0 Å². The molecule has 0 bridgehead atoms. The van der Waals surface area contributed by atoms with Gasteiger partial charge in [-0.25, -0.2) is 0 Å². The van der Waals surface area contributed by atoms with Gasteiger partial charge in [-0.1, -0.05) is 6.92 Å². The third kappa shape index (κ3) is 3.90. The highest BCUT2D eigenvalue weighted by atomic mass is 16.5. The van der Waals surface area contributed by atoms with Gasteiger partial charge < -0.3 is 19.3 Å². The molecule has 1 heterocycles. The summed E-state index contributed by atoms with van der Waals surface area (Å²) in [7, 11) is 1.60. The fourth-order valence-corrected chi connectivity index (χ4v) is 2.38. The van der Waals surface area contributed by atoms with Crippen LogP contribution in [0.15, 0.2) is 24.3 Å². The first-order valence-electron chi connectivity index (χ1n) is 7.46. The van der Waals surface area contributed by atoms with E-state index in [1.165, 1.54) is 0 Å². The summed E-state index contributed by atoms with van der Waals surface area (Å²) in [5.41, 5.74) is 0. The van der Waals surface area contributed by atoms with Crippen molar-refractivity contribution in [2.45, 2.75) is 19.4 Å². The summed E-state index contributed by atoms with van der Waals surface area (Å²) in [6.45, 7) is 4.19. The zero-order chi connectivity index (χ0) is 15.9. The van der Waals surface area contributed by atoms with Gasteiger partial charge >= 0.3 is 0 Å². The lowest BCUT2D eigenvalue weighted by atomic mass is 10.2. The second-order valence-corrected chi connectivity index (χ2v) is 5.16. The molecule has 0 radical (unpaired) electrons. The minimum absolute atomic E-state index is 0.0242. The number of carbonyl (C=O) groups excluding carboxylic acids is 2. The van der Waals surface area contributed by atoms with Crippen LogP contribution in [-0.2, 0) is 9.59 Å². The number of benzene rings is 1. The molecule has 0 aromatic heterocycles. The number of carbonyl (C=O) groups is 2. The molecule has 1 aromatic rings. The normalized spacial score (nSPS) is 16.1. The Labute approximate surface area is 130 Å². The van der Waals surface area contributed by atoms with Crippen LogP contribution in [0, 0.1) is 0 Å². The van der Waals surface area contributed by atoms with E-state index in [1.807, 2.05) is 6.92 Å². The summed E-state index contributed by atoms with van der Waals surface area (Å²) in [6.07, 6.45) is 0.919. The van der Waals surface area contributed by atoms with Crippen LogP contribution in [0.5, 0.6) is 11.5 Å². The molecule has 120 valence electrons. The van der Waals surface area contributed by atoms with E-state index in [9.17, 15) is 9.59 Å². The Kier molecular flexibility index (Phi) is 5.63. The molecule has 2 amide bonds. The van der Waals surface area contributed by atoms with Crippen molar-refractivity contribution in [2.24, 2.45) is 0 Å². The van der Waals surface area contributed by atoms with Crippen LogP contribution in [0.2, 0.25) is 0 Å². The fourth-order valence-electron chi connectivity index (χ4n) is 2.38. The van der Waals surface area contributed by atoms with Crippen molar-refractivity contribution in [3.63, 3.8) is 0 Å². The molecule has 1 fully saturated rings. The lowest BCUT2D eigenvalue weighted by molar-refractivity contribution is -0.142. The quantitative estimate of drug-likeness (QED) is 0.740. The van der Waals surface area contributed by atoms with Gasteiger partial charge in [-0.05, 0) is 30.7 Å². The fraction of sp³-hybridized carbons (Fsp3) is 0.500. The Balaban J connectivity index is 1.95. The van der Waals surface area contributed by atoms with Crippen molar-refractivity contribution >= 4 is 12.3 Å². The lowest BCUT2D eigenvalue weighted by Crippen LogP contribution is -2.51. The Morgan fingerprint density at radius 1 is 1.18 bits per heavy atom. The SMILES string of the molecule is CC[C@@H](Oc1ccc(OC)cc1)C(=O)N1CCN(C=O)CC1. The van der Waals surface area contributed by atoms with Gasteiger partial charge in [0, 0.05) is 26.2 Å². The summed E-state index contributed by atoms with van der Waals surface area (Å²) in [4.78, 5) is 26.7. The topological polar surface area (TPSA) is 59.1 Å². The van der Waals surface area contributed by atoms with E-state index in [1.54, 1.807) is 41.2 Å². The molecule has 22 heavy (non-hydrogen) atoms. The molecule has 1 aromatic carbocycles. The molecule has 2 rings (SSSR count). The van der Waals surface area contributed by atoms with Crippen molar-refractivity contribution in [3.05, 3.63) is 24.3 Å². The maximum absolute atomic E-state index is 12.5. The first-order valence-corrected chi connectivity index (χ1v) is 7.46. The highest BCUT2D eigenvalue weighted by Crippen LogP contribution is 2.19. The predicted molar refractivity (Wildman–Crippen MR) is 81.9 cm³/mol. The second kappa shape index (κ2) is 7.68. The zero-order valence-electron chi connectivity index (χ0n) is 13.0. The van der Waals surface area contributed by atoms with Crippen molar-refractivity contribution in [1.82, 2.24) is 9.80 Å².